The van der Waals surface area contributed by atoms with Crippen LogP contribution in [0.1, 0.15) is 19.7 Å². The molecule has 68 valence electrons. The van der Waals surface area contributed by atoms with Gasteiger partial charge in [-0.3, -0.25) is 0 Å². The van der Waals surface area contributed by atoms with Crippen molar-refractivity contribution < 1.29 is 4.74 Å². The number of nitrogens with zero attached hydrogens (tertiary/aromatic N) is 4. The van der Waals surface area contributed by atoms with E-state index in [9.17, 15) is 0 Å². The summed E-state index contributed by atoms with van der Waals surface area (Å²) < 4.78 is 6.53. The Balaban J connectivity index is 0.000000127. The maximum atomic E-state index is 4.92. The average Bonchev–Trinajstić information content (AvgIpc) is 2.49. The highest BCUT2D eigenvalue weighted by molar-refractivity contribution is 4.73. The van der Waals surface area contributed by atoms with E-state index in [2.05, 4.69) is 29.4 Å². The summed E-state index contributed by atoms with van der Waals surface area (Å²) in [5.41, 5.74) is 0. The van der Waals surface area contributed by atoms with Crippen molar-refractivity contribution in [1.82, 2.24) is 20.2 Å². The van der Waals surface area contributed by atoms with E-state index in [1.807, 2.05) is 6.92 Å². The zero-order valence-corrected chi connectivity index (χ0v) is 7.85. The van der Waals surface area contributed by atoms with Crippen LogP contribution in [0.5, 0.6) is 0 Å². The minimum atomic E-state index is 0.551. The second kappa shape index (κ2) is 3.62. The second-order valence-electron chi connectivity index (χ2n) is 2.90. The lowest BCUT2D eigenvalue weighted by Crippen LogP contribution is -1.92. The molecule has 5 heteroatoms. The third kappa shape index (κ3) is 2.58. The van der Waals surface area contributed by atoms with Crippen molar-refractivity contribution in [3.05, 3.63) is 5.82 Å². The number of aromatic nitrogens is 4. The van der Waals surface area contributed by atoms with Crippen LogP contribution in [0.2, 0.25) is 0 Å². The molecule has 2 atom stereocenters. The molecule has 0 spiro atoms. The maximum absolute atomic E-state index is 4.92. The Morgan fingerprint density at radius 3 is 1.92 bits per heavy atom. The lowest BCUT2D eigenvalue weighted by Gasteiger charge is -1.81. The van der Waals surface area contributed by atoms with E-state index in [-0.39, 0.29) is 0 Å². The molecule has 5 nitrogen and oxygen atoms in total. The fraction of sp³-hybridized carbons (Fsp3) is 0.857. The fourth-order valence-corrected chi connectivity index (χ4v) is 0.567. The van der Waals surface area contributed by atoms with Crippen molar-refractivity contribution in [2.75, 3.05) is 0 Å². The zero-order valence-electron chi connectivity index (χ0n) is 7.85. The van der Waals surface area contributed by atoms with Crippen LogP contribution in [0.4, 0.5) is 0 Å². The SMILES string of the molecule is CC1OC1C.Cc1nnnn1C. The first-order chi connectivity index (χ1) is 5.61. The highest BCUT2D eigenvalue weighted by atomic mass is 16.6. The van der Waals surface area contributed by atoms with Crippen LogP contribution >= 0.6 is 0 Å². The Labute approximate surface area is 71.7 Å². The summed E-state index contributed by atoms with van der Waals surface area (Å²) in [6, 6.07) is 0. The van der Waals surface area contributed by atoms with Gasteiger partial charge in [0.2, 0.25) is 0 Å². The molecule has 0 radical (unpaired) electrons. The van der Waals surface area contributed by atoms with E-state index >= 15 is 0 Å². The van der Waals surface area contributed by atoms with Gasteiger partial charge >= 0.3 is 0 Å². The lowest BCUT2D eigenvalue weighted by molar-refractivity contribution is 0.389. The van der Waals surface area contributed by atoms with Gasteiger partial charge in [0.15, 0.2) is 0 Å². The van der Waals surface area contributed by atoms with E-state index in [0.717, 1.165) is 5.82 Å². The van der Waals surface area contributed by atoms with E-state index < -0.39 is 0 Å². The molecule has 1 fully saturated rings. The monoisotopic (exact) mass is 170 g/mol. The van der Waals surface area contributed by atoms with Gasteiger partial charge in [-0.2, -0.15) is 0 Å². The molecule has 0 aliphatic carbocycles. The summed E-state index contributed by atoms with van der Waals surface area (Å²) in [5, 5.41) is 10.6. The van der Waals surface area contributed by atoms with Gasteiger partial charge in [0.25, 0.3) is 0 Å². The van der Waals surface area contributed by atoms with Crippen LogP contribution in [0, 0.1) is 6.92 Å². The standard InChI is InChI=1S/C4H8O.C3H6N4/c1-3-4(2)5-3;1-3-4-5-6-7(3)2/h3-4H,1-2H3;1-2H3. The quantitative estimate of drug-likeness (QED) is 0.526. The Morgan fingerprint density at radius 1 is 1.33 bits per heavy atom. The van der Waals surface area contributed by atoms with Gasteiger partial charge < -0.3 is 4.74 Å². The lowest BCUT2D eigenvalue weighted by atomic mass is 10.4. The Morgan fingerprint density at radius 2 is 1.83 bits per heavy atom. The van der Waals surface area contributed by atoms with Crippen molar-refractivity contribution in [1.29, 1.82) is 0 Å². The molecule has 1 aromatic rings. The molecule has 1 aromatic heterocycles. The normalized spacial score (nSPS) is 26.0. The van der Waals surface area contributed by atoms with Gasteiger partial charge in [-0.15, -0.1) is 5.10 Å². The van der Waals surface area contributed by atoms with Gasteiger partial charge in [-0.1, -0.05) is 0 Å². The first-order valence-electron chi connectivity index (χ1n) is 3.95. The molecule has 1 aliphatic heterocycles. The Hall–Kier alpha value is -0.970. The minimum absolute atomic E-state index is 0.551. The summed E-state index contributed by atoms with van der Waals surface area (Å²) >= 11 is 0. The number of epoxide rings is 1. The largest absolute Gasteiger partial charge is 0.370 e. The first kappa shape index (κ1) is 9.12. The van der Waals surface area contributed by atoms with E-state index in [1.165, 1.54) is 0 Å². The third-order valence-electron chi connectivity index (χ3n) is 1.85. The number of aryl methyl sites for hydroxylation is 2. The van der Waals surface area contributed by atoms with Gasteiger partial charge in [0, 0.05) is 7.05 Å². The molecule has 0 bridgehead atoms. The molecular weight excluding hydrogens is 156 g/mol. The van der Waals surface area contributed by atoms with Gasteiger partial charge in [0.05, 0.1) is 12.2 Å². The molecular formula is C7H14N4O. The number of hydrogen-bond donors (Lipinski definition) is 0. The molecule has 2 heterocycles. The number of tetrazole rings is 1. The highest BCUT2D eigenvalue weighted by Crippen LogP contribution is 2.18. The van der Waals surface area contributed by atoms with E-state index in [1.54, 1.807) is 11.7 Å². The van der Waals surface area contributed by atoms with Gasteiger partial charge in [-0.25, -0.2) is 4.68 Å². The van der Waals surface area contributed by atoms with Gasteiger partial charge in [0.1, 0.15) is 5.82 Å². The van der Waals surface area contributed by atoms with Crippen LogP contribution in [-0.4, -0.2) is 32.4 Å². The molecule has 1 aliphatic rings. The summed E-state index contributed by atoms with van der Waals surface area (Å²) in [4.78, 5) is 0. The Kier molecular flexibility index (Phi) is 2.75. The number of hydrogen-bond acceptors (Lipinski definition) is 4. The average molecular weight is 170 g/mol. The predicted octanol–water partition coefficient (Wildman–Crippen LogP) is 0.312. The topological polar surface area (TPSA) is 56.1 Å². The Bertz CT molecular complexity index is 225. The van der Waals surface area contributed by atoms with Crippen LogP contribution in [-0.2, 0) is 11.8 Å². The van der Waals surface area contributed by atoms with Crippen molar-refractivity contribution >= 4 is 0 Å². The molecule has 2 unspecified atom stereocenters. The third-order valence-corrected chi connectivity index (χ3v) is 1.85. The predicted molar refractivity (Wildman–Crippen MR) is 43.5 cm³/mol. The summed E-state index contributed by atoms with van der Waals surface area (Å²) in [6.07, 6.45) is 1.10. The van der Waals surface area contributed by atoms with E-state index in [0.29, 0.717) is 12.2 Å². The van der Waals surface area contributed by atoms with Crippen molar-refractivity contribution in [2.24, 2.45) is 7.05 Å². The molecule has 0 amide bonds. The number of ether oxygens (including phenoxy) is 1. The number of rotatable bonds is 0. The molecule has 0 aromatic carbocycles. The second-order valence-corrected chi connectivity index (χ2v) is 2.90. The van der Waals surface area contributed by atoms with Crippen LogP contribution < -0.4 is 0 Å². The van der Waals surface area contributed by atoms with Crippen LogP contribution in [0.3, 0.4) is 0 Å². The smallest absolute Gasteiger partial charge is 0.147 e. The van der Waals surface area contributed by atoms with Crippen molar-refractivity contribution in [3.63, 3.8) is 0 Å². The van der Waals surface area contributed by atoms with Crippen LogP contribution in [0.15, 0.2) is 0 Å². The van der Waals surface area contributed by atoms with Crippen molar-refractivity contribution in [2.45, 2.75) is 33.0 Å². The minimum Gasteiger partial charge on any atom is -0.370 e. The maximum Gasteiger partial charge on any atom is 0.147 e. The molecule has 12 heavy (non-hydrogen) atoms. The van der Waals surface area contributed by atoms with Gasteiger partial charge in [-0.05, 0) is 31.2 Å². The van der Waals surface area contributed by atoms with Crippen molar-refractivity contribution in [3.8, 4) is 0 Å². The molecule has 2 rings (SSSR count). The summed E-state index contributed by atoms with van der Waals surface area (Å²) in [5.74, 6) is 0.833. The molecule has 1 saturated heterocycles. The van der Waals surface area contributed by atoms with E-state index in [4.69, 9.17) is 4.74 Å². The highest BCUT2D eigenvalue weighted by Gasteiger charge is 2.27. The fourth-order valence-electron chi connectivity index (χ4n) is 0.567. The summed E-state index contributed by atoms with van der Waals surface area (Å²) in [7, 11) is 1.80. The zero-order chi connectivity index (χ0) is 9.14. The summed E-state index contributed by atoms with van der Waals surface area (Å²) in [6.45, 7) is 6.00. The van der Waals surface area contributed by atoms with Crippen LogP contribution in [0.25, 0.3) is 0 Å². The first-order valence-corrected chi connectivity index (χ1v) is 3.95. The molecule has 0 saturated carbocycles. The molecule has 0 N–H and O–H groups in total.